The number of hydrogen-bond donors (Lipinski definition) is 0. The summed E-state index contributed by atoms with van der Waals surface area (Å²) in [5, 5.41) is 5.76. The molecule has 0 bridgehead atoms. The molecule has 0 saturated carbocycles. The van der Waals surface area contributed by atoms with Crippen molar-refractivity contribution in [3.05, 3.63) is 92.0 Å². The van der Waals surface area contributed by atoms with Gasteiger partial charge >= 0.3 is 0 Å². The highest BCUT2D eigenvalue weighted by Gasteiger charge is 2.51. The molecule has 0 aliphatic rings. The Balaban J connectivity index is 2.18. The van der Waals surface area contributed by atoms with Crippen molar-refractivity contribution in [2.75, 3.05) is 0 Å². The van der Waals surface area contributed by atoms with E-state index in [1.807, 2.05) is 0 Å². The monoisotopic (exact) mass is 587 g/mol. The van der Waals surface area contributed by atoms with Crippen molar-refractivity contribution in [2.45, 2.75) is 59.1 Å². The Labute approximate surface area is 218 Å². The van der Waals surface area contributed by atoms with Gasteiger partial charge in [-0.15, -0.1) is 11.3 Å². The summed E-state index contributed by atoms with van der Waals surface area (Å²) in [5.41, 5.74) is 2.23. The minimum atomic E-state index is -2.65. The molecule has 1 heterocycles. The Bertz CT molecular complexity index is 1060. The summed E-state index contributed by atoms with van der Waals surface area (Å²) in [6.07, 6.45) is 5.28. The third kappa shape index (κ3) is 6.32. The van der Waals surface area contributed by atoms with Crippen molar-refractivity contribution in [3.8, 4) is 0 Å². The Morgan fingerprint density at radius 1 is 1.03 bits per heavy atom. The van der Waals surface area contributed by atoms with Crippen LogP contribution in [0.5, 0.6) is 0 Å². The molecule has 33 heavy (non-hydrogen) atoms. The van der Waals surface area contributed by atoms with Gasteiger partial charge in [0.2, 0.25) is 0 Å². The normalized spacial score (nSPS) is 14.4. The lowest BCUT2D eigenvalue weighted by molar-refractivity contribution is 0.225. The lowest BCUT2D eigenvalue weighted by Crippen LogP contribution is -2.67. The van der Waals surface area contributed by atoms with Crippen LogP contribution in [0.1, 0.15) is 51.7 Å². The molecule has 5 heteroatoms. The van der Waals surface area contributed by atoms with Crippen LogP contribution in [0.3, 0.4) is 0 Å². The summed E-state index contributed by atoms with van der Waals surface area (Å²) in [4.78, 5) is 4.67. The summed E-state index contributed by atoms with van der Waals surface area (Å²) < 4.78 is 8.74. The first kappa shape index (κ1) is 26.1. The Morgan fingerprint density at radius 2 is 1.58 bits per heavy atom. The molecule has 1 atom stereocenters. The number of aromatic nitrogens is 1. The molecule has 0 spiro atoms. The van der Waals surface area contributed by atoms with Crippen LogP contribution < -0.4 is 10.4 Å². The van der Waals surface area contributed by atoms with Gasteiger partial charge in [0, 0.05) is 5.38 Å². The first-order valence-corrected chi connectivity index (χ1v) is 15.2. The van der Waals surface area contributed by atoms with Crippen molar-refractivity contribution < 1.29 is 4.43 Å². The first-order valence-electron chi connectivity index (χ1n) is 11.3. The average Bonchev–Trinajstić information content (AvgIpc) is 3.18. The van der Waals surface area contributed by atoms with Crippen molar-refractivity contribution >= 4 is 58.7 Å². The number of nitrogens with zero attached hydrogens (tertiary/aromatic N) is 1. The van der Waals surface area contributed by atoms with Crippen LogP contribution in [0.4, 0.5) is 0 Å². The molecule has 1 aromatic heterocycles. The fourth-order valence-corrected chi connectivity index (χ4v) is 9.82. The zero-order chi connectivity index (χ0) is 24.1. The molecule has 0 fully saturated rings. The molecule has 0 aliphatic carbocycles. The molecule has 0 saturated heterocycles. The van der Waals surface area contributed by atoms with E-state index in [-0.39, 0.29) is 11.1 Å². The van der Waals surface area contributed by atoms with E-state index in [0.29, 0.717) is 0 Å². The van der Waals surface area contributed by atoms with Crippen LogP contribution in [0.15, 0.2) is 81.3 Å². The molecule has 0 N–H and O–H groups in total. The van der Waals surface area contributed by atoms with E-state index < -0.39 is 8.32 Å². The van der Waals surface area contributed by atoms with Crippen LogP contribution in [-0.4, -0.2) is 19.4 Å². The van der Waals surface area contributed by atoms with Gasteiger partial charge in [0.1, 0.15) is 0 Å². The van der Waals surface area contributed by atoms with E-state index in [2.05, 4.69) is 147 Å². The van der Waals surface area contributed by atoms with E-state index in [1.54, 1.807) is 11.3 Å². The minimum Gasteiger partial charge on any atom is -0.400 e. The molecule has 3 rings (SSSR count). The quantitative estimate of drug-likeness (QED) is 0.201. The highest BCUT2D eigenvalue weighted by atomic mass is 127. The highest BCUT2D eigenvalue weighted by molar-refractivity contribution is 14.1. The predicted octanol–water partition coefficient (Wildman–Crippen LogP) is 7.53. The second kappa shape index (κ2) is 11.3. The zero-order valence-corrected chi connectivity index (χ0v) is 24.4. The van der Waals surface area contributed by atoms with E-state index in [1.165, 1.54) is 19.5 Å². The standard InChI is InChI=1S/C28H34INOSSi/c1-21(19-24-20-32-23(3)30-24)27(18-17-22(2)29)31-33(28(4,5)6,25-13-9-7-10-14-25)26-15-11-8-12-16-26/h7-17,19-20,27H,18H2,1-6H3. The van der Waals surface area contributed by atoms with Crippen LogP contribution >= 0.6 is 33.9 Å². The number of allylic oxidation sites excluding steroid dienone is 1. The van der Waals surface area contributed by atoms with E-state index in [9.17, 15) is 0 Å². The van der Waals surface area contributed by atoms with Gasteiger partial charge in [-0.2, -0.15) is 0 Å². The molecule has 0 amide bonds. The molecule has 2 nitrogen and oxygen atoms in total. The Kier molecular flexibility index (Phi) is 8.89. The van der Waals surface area contributed by atoms with E-state index in [4.69, 9.17) is 4.43 Å². The van der Waals surface area contributed by atoms with Crippen molar-refractivity contribution in [3.63, 3.8) is 0 Å². The van der Waals surface area contributed by atoms with Gasteiger partial charge < -0.3 is 4.43 Å². The van der Waals surface area contributed by atoms with Gasteiger partial charge in [-0.1, -0.05) is 87.5 Å². The summed E-state index contributed by atoms with van der Waals surface area (Å²) in [7, 11) is -2.65. The average molecular weight is 588 g/mol. The zero-order valence-electron chi connectivity index (χ0n) is 20.4. The topological polar surface area (TPSA) is 22.1 Å². The van der Waals surface area contributed by atoms with Gasteiger partial charge in [-0.3, -0.25) is 0 Å². The van der Waals surface area contributed by atoms with Gasteiger partial charge in [0.15, 0.2) is 0 Å². The first-order chi connectivity index (χ1) is 15.6. The highest BCUT2D eigenvalue weighted by Crippen LogP contribution is 2.39. The third-order valence-corrected chi connectivity index (χ3v) is 12.1. The maximum absolute atomic E-state index is 7.46. The van der Waals surface area contributed by atoms with Crippen molar-refractivity contribution in [1.29, 1.82) is 0 Å². The van der Waals surface area contributed by atoms with Gasteiger partial charge in [-0.25, -0.2) is 4.98 Å². The number of hydrogen-bond acceptors (Lipinski definition) is 3. The molecular formula is C28H34INOSSi. The van der Waals surface area contributed by atoms with Gasteiger partial charge in [0.25, 0.3) is 8.32 Å². The minimum absolute atomic E-state index is 0.0389. The lowest BCUT2D eigenvalue weighted by atomic mass is 10.1. The number of thiazole rings is 1. The lowest BCUT2D eigenvalue weighted by Gasteiger charge is -2.45. The van der Waals surface area contributed by atoms with Crippen LogP contribution in [0.25, 0.3) is 6.08 Å². The molecule has 174 valence electrons. The number of halogens is 1. The van der Waals surface area contributed by atoms with Crippen molar-refractivity contribution in [1.82, 2.24) is 4.98 Å². The van der Waals surface area contributed by atoms with Crippen LogP contribution in [-0.2, 0) is 4.43 Å². The molecule has 0 aliphatic heterocycles. The van der Waals surface area contributed by atoms with Gasteiger partial charge in [-0.05, 0) is 80.4 Å². The Morgan fingerprint density at radius 3 is 2.00 bits per heavy atom. The van der Waals surface area contributed by atoms with E-state index >= 15 is 0 Å². The number of rotatable bonds is 8. The number of benzene rings is 2. The SMILES string of the molecule is CC(I)=CCC(O[Si](c1ccccc1)(c1ccccc1)C(C)(C)C)C(C)=Cc1csc(C)n1. The summed E-state index contributed by atoms with van der Waals surface area (Å²) in [5.74, 6) is 0. The van der Waals surface area contributed by atoms with Gasteiger partial charge in [0.05, 0.1) is 16.8 Å². The summed E-state index contributed by atoms with van der Waals surface area (Å²) >= 11 is 4.08. The second-order valence-corrected chi connectivity index (χ2v) is 16.5. The second-order valence-electron chi connectivity index (χ2n) is 9.48. The fraction of sp³-hybridized carbons (Fsp3) is 0.321. The van der Waals surface area contributed by atoms with Crippen LogP contribution in [0.2, 0.25) is 5.04 Å². The maximum Gasteiger partial charge on any atom is 0.261 e. The fourth-order valence-electron chi connectivity index (χ4n) is 4.27. The maximum atomic E-state index is 7.46. The molecular weight excluding hydrogens is 553 g/mol. The smallest absolute Gasteiger partial charge is 0.261 e. The van der Waals surface area contributed by atoms with Crippen LogP contribution in [0, 0.1) is 6.92 Å². The third-order valence-electron chi connectivity index (χ3n) is 5.87. The molecule has 1 unspecified atom stereocenters. The molecule has 3 aromatic rings. The Hall–Kier alpha value is -1.54. The van der Waals surface area contributed by atoms with Crippen molar-refractivity contribution in [2.24, 2.45) is 0 Å². The molecule has 2 aromatic carbocycles. The predicted molar refractivity (Wildman–Crippen MR) is 155 cm³/mol. The summed E-state index contributed by atoms with van der Waals surface area (Å²) in [6, 6.07) is 21.7. The van der Waals surface area contributed by atoms with E-state index in [0.717, 1.165) is 17.1 Å². The molecule has 0 radical (unpaired) electrons. The summed E-state index contributed by atoms with van der Waals surface area (Å²) in [6.45, 7) is 13.4. The number of aryl methyl sites for hydroxylation is 1. The largest absolute Gasteiger partial charge is 0.400 e.